The van der Waals surface area contributed by atoms with Crippen molar-refractivity contribution >= 4 is 17.5 Å². The van der Waals surface area contributed by atoms with Gasteiger partial charge in [0.05, 0.1) is 27.7 Å². The van der Waals surface area contributed by atoms with Crippen LogP contribution < -0.4 is 0 Å². The van der Waals surface area contributed by atoms with Crippen LogP contribution in [0.4, 0.5) is 0 Å². The molecule has 1 aromatic carbocycles. The molecule has 0 saturated carbocycles. The molecule has 3 rings (SSSR count). The number of amides is 1. The van der Waals surface area contributed by atoms with Crippen LogP contribution in [-0.4, -0.2) is 58.2 Å². The Balaban J connectivity index is 1.99. The minimum absolute atomic E-state index is 0.104. The number of hydrogen-bond donors (Lipinski definition) is 0. The molecule has 0 unspecified atom stereocenters. The Hall–Kier alpha value is -1.85. The average Bonchev–Trinajstić information content (AvgIpc) is 3.06. The second-order valence-electron chi connectivity index (χ2n) is 6.57. The van der Waals surface area contributed by atoms with Crippen LogP contribution >= 0.6 is 11.6 Å². The highest BCUT2D eigenvalue weighted by molar-refractivity contribution is 6.32. The van der Waals surface area contributed by atoms with Crippen LogP contribution in [0.15, 0.2) is 24.3 Å². The van der Waals surface area contributed by atoms with Gasteiger partial charge in [-0.25, -0.2) is 4.68 Å². The van der Waals surface area contributed by atoms with Gasteiger partial charge < -0.3 is 9.80 Å². The van der Waals surface area contributed by atoms with Gasteiger partial charge in [-0.2, -0.15) is 5.10 Å². The van der Waals surface area contributed by atoms with Crippen LogP contribution in [0.5, 0.6) is 0 Å². The van der Waals surface area contributed by atoms with Crippen molar-refractivity contribution in [3.63, 3.8) is 0 Å². The second-order valence-corrected chi connectivity index (χ2v) is 6.97. The van der Waals surface area contributed by atoms with E-state index < -0.39 is 0 Å². The van der Waals surface area contributed by atoms with E-state index in [-0.39, 0.29) is 5.91 Å². The fourth-order valence-electron chi connectivity index (χ4n) is 3.57. The van der Waals surface area contributed by atoms with Crippen LogP contribution in [-0.2, 0) is 12.8 Å². The first-order chi connectivity index (χ1) is 12.6. The number of aryl methyl sites for hydroxylation is 1. The fourth-order valence-corrected chi connectivity index (χ4v) is 3.79. The molecule has 0 N–H and O–H groups in total. The first-order valence-corrected chi connectivity index (χ1v) is 9.85. The summed E-state index contributed by atoms with van der Waals surface area (Å²) in [6.07, 6.45) is 1.45. The SMILES string of the molecule is CCc1nn(-c2ccccc2Cl)c(CC)c1C(=O)N1CCN(CC)CC1. The van der Waals surface area contributed by atoms with Gasteiger partial charge >= 0.3 is 0 Å². The van der Waals surface area contributed by atoms with Crippen LogP contribution in [0.1, 0.15) is 42.5 Å². The van der Waals surface area contributed by atoms with Crippen molar-refractivity contribution in [3.05, 3.63) is 46.2 Å². The average molecular weight is 375 g/mol. The molecule has 0 spiro atoms. The minimum atomic E-state index is 0.104. The number of likely N-dealkylation sites (N-methyl/N-ethyl adjacent to an activating group) is 1. The molecule has 26 heavy (non-hydrogen) atoms. The smallest absolute Gasteiger partial charge is 0.257 e. The van der Waals surface area contributed by atoms with Gasteiger partial charge in [0, 0.05) is 26.2 Å². The van der Waals surface area contributed by atoms with Gasteiger partial charge in [-0.15, -0.1) is 0 Å². The summed E-state index contributed by atoms with van der Waals surface area (Å²) in [5, 5.41) is 5.39. The number of carbonyl (C=O) groups is 1. The Labute approximate surface area is 160 Å². The van der Waals surface area contributed by atoms with Gasteiger partial charge in [0.25, 0.3) is 5.91 Å². The maximum Gasteiger partial charge on any atom is 0.257 e. The minimum Gasteiger partial charge on any atom is -0.336 e. The molecule has 1 amide bonds. The molecular formula is C20H27ClN4O. The zero-order valence-electron chi connectivity index (χ0n) is 15.8. The van der Waals surface area contributed by atoms with E-state index in [0.717, 1.165) is 68.2 Å². The normalized spacial score (nSPS) is 15.5. The van der Waals surface area contributed by atoms with Crippen molar-refractivity contribution in [1.82, 2.24) is 19.6 Å². The van der Waals surface area contributed by atoms with E-state index in [1.165, 1.54) is 0 Å². The molecule has 1 saturated heterocycles. The number of rotatable bonds is 5. The van der Waals surface area contributed by atoms with Crippen LogP contribution in [0.3, 0.4) is 0 Å². The number of aromatic nitrogens is 2. The zero-order chi connectivity index (χ0) is 18.7. The third-order valence-corrected chi connectivity index (χ3v) is 5.44. The Morgan fingerprint density at radius 1 is 1.08 bits per heavy atom. The highest BCUT2D eigenvalue weighted by atomic mass is 35.5. The number of halogens is 1. The molecule has 1 aromatic heterocycles. The van der Waals surface area contributed by atoms with Gasteiger partial charge in [-0.3, -0.25) is 4.79 Å². The summed E-state index contributed by atoms with van der Waals surface area (Å²) < 4.78 is 1.86. The summed E-state index contributed by atoms with van der Waals surface area (Å²) >= 11 is 6.39. The monoisotopic (exact) mass is 374 g/mol. The van der Waals surface area contributed by atoms with Crippen LogP contribution in [0.25, 0.3) is 5.69 Å². The number of hydrogen-bond acceptors (Lipinski definition) is 3. The molecule has 0 aliphatic carbocycles. The van der Waals surface area contributed by atoms with Gasteiger partial charge in [0.1, 0.15) is 0 Å². The number of piperazine rings is 1. The largest absolute Gasteiger partial charge is 0.336 e. The van der Waals surface area contributed by atoms with Gasteiger partial charge in [-0.1, -0.05) is 44.5 Å². The highest BCUT2D eigenvalue weighted by Crippen LogP contribution is 2.26. The maximum absolute atomic E-state index is 13.3. The van der Waals surface area contributed by atoms with E-state index in [1.807, 2.05) is 40.8 Å². The summed E-state index contributed by atoms with van der Waals surface area (Å²) in [4.78, 5) is 17.6. The van der Waals surface area contributed by atoms with Gasteiger partial charge in [-0.05, 0) is 31.5 Å². The zero-order valence-corrected chi connectivity index (χ0v) is 16.6. The van der Waals surface area contributed by atoms with E-state index in [9.17, 15) is 4.79 Å². The van der Waals surface area contributed by atoms with Crippen molar-refractivity contribution < 1.29 is 4.79 Å². The summed E-state index contributed by atoms with van der Waals surface area (Å²) in [6, 6.07) is 7.65. The molecule has 1 aliphatic heterocycles. The van der Waals surface area contributed by atoms with E-state index in [4.69, 9.17) is 16.7 Å². The van der Waals surface area contributed by atoms with Crippen molar-refractivity contribution in [2.24, 2.45) is 0 Å². The molecule has 1 aliphatic rings. The second kappa shape index (κ2) is 8.23. The topological polar surface area (TPSA) is 41.4 Å². The Bertz CT molecular complexity index is 778. The molecule has 0 atom stereocenters. The van der Waals surface area contributed by atoms with Crippen molar-refractivity contribution in [2.45, 2.75) is 33.6 Å². The number of nitrogens with zero attached hydrogens (tertiary/aromatic N) is 4. The summed E-state index contributed by atoms with van der Waals surface area (Å²) in [5.41, 5.74) is 3.39. The third kappa shape index (κ3) is 3.51. The van der Waals surface area contributed by atoms with Gasteiger partial charge in [0.15, 0.2) is 0 Å². The summed E-state index contributed by atoms with van der Waals surface area (Å²) in [6.45, 7) is 10.7. The maximum atomic E-state index is 13.3. The van der Waals surface area contributed by atoms with Crippen LogP contribution in [0, 0.1) is 0 Å². The van der Waals surface area contributed by atoms with E-state index >= 15 is 0 Å². The number of para-hydroxylation sites is 1. The molecule has 2 heterocycles. The predicted octanol–water partition coefficient (Wildman–Crippen LogP) is 3.43. The molecule has 140 valence electrons. The lowest BCUT2D eigenvalue weighted by atomic mass is 10.1. The Kier molecular flexibility index (Phi) is 5.99. The summed E-state index contributed by atoms with van der Waals surface area (Å²) in [5.74, 6) is 0.104. The van der Waals surface area contributed by atoms with Crippen molar-refractivity contribution in [3.8, 4) is 5.69 Å². The molecular weight excluding hydrogens is 348 g/mol. The molecule has 2 aromatic rings. The third-order valence-electron chi connectivity index (χ3n) is 5.12. The lowest BCUT2D eigenvalue weighted by Gasteiger charge is -2.34. The first kappa shape index (κ1) is 18.9. The van der Waals surface area contributed by atoms with E-state index in [2.05, 4.69) is 18.7 Å². The number of carbonyl (C=O) groups excluding carboxylic acids is 1. The van der Waals surface area contributed by atoms with Crippen LogP contribution in [0.2, 0.25) is 5.02 Å². The first-order valence-electron chi connectivity index (χ1n) is 9.47. The molecule has 5 nitrogen and oxygen atoms in total. The Morgan fingerprint density at radius 2 is 1.77 bits per heavy atom. The lowest BCUT2D eigenvalue weighted by Crippen LogP contribution is -2.48. The highest BCUT2D eigenvalue weighted by Gasteiger charge is 2.28. The molecule has 1 fully saturated rings. The molecule has 6 heteroatoms. The lowest BCUT2D eigenvalue weighted by molar-refractivity contribution is 0.0641. The molecule has 0 bridgehead atoms. The quantitative estimate of drug-likeness (QED) is 0.805. The van der Waals surface area contributed by atoms with E-state index in [0.29, 0.717) is 5.02 Å². The fraction of sp³-hybridized carbons (Fsp3) is 0.500. The standard InChI is InChI=1S/C20H27ClN4O/c1-4-16-19(20(26)24-13-11-23(6-3)12-14-24)17(5-2)25(22-16)18-10-8-7-9-15(18)21/h7-10H,4-6,11-14H2,1-3H3. The summed E-state index contributed by atoms with van der Waals surface area (Å²) in [7, 11) is 0. The van der Waals surface area contributed by atoms with Crippen molar-refractivity contribution in [2.75, 3.05) is 32.7 Å². The van der Waals surface area contributed by atoms with Crippen molar-refractivity contribution in [1.29, 1.82) is 0 Å². The Morgan fingerprint density at radius 3 is 2.35 bits per heavy atom. The molecule has 0 radical (unpaired) electrons. The van der Waals surface area contributed by atoms with Gasteiger partial charge in [0.2, 0.25) is 0 Å². The predicted molar refractivity (Wildman–Crippen MR) is 105 cm³/mol. The number of benzene rings is 1. The van der Waals surface area contributed by atoms with E-state index in [1.54, 1.807) is 0 Å².